The van der Waals surface area contributed by atoms with Gasteiger partial charge < -0.3 is 10.1 Å². The van der Waals surface area contributed by atoms with Crippen LogP contribution in [0.5, 0.6) is 0 Å². The molecule has 2 nitrogen and oxygen atoms in total. The van der Waals surface area contributed by atoms with Crippen molar-refractivity contribution in [1.29, 1.82) is 0 Å². The van der Waals surface area contributed by atoms with E-state index < -0.39 is 0 Å². The number of nitrogens with two attached hydrogens (primary N) is 1. The Balaban J connectivity index is 1.80. The highest BCUT2D eigenvalue weighted by Crippen LogP contribution is 2.21. The zero-order chi connectivity index (χ0) is 6.53. The van der Waals surface area contributed by atoms with Crippen molar-refractivity contribution in [2.45, 2.75) is 25.4 Å². The molecule has 1 saturated carbocycles. The topological polar surface area (TPSA) is 25.8 Å². The van der Waals surface area contributed by atoms with E-state index in [1.807, 2.05) is 0 Å². The fourth-order valence-electron chi connectivity index (χ4n) is 0.890. The summed E-state index contributed by atoms with van der Waals surface area (Å²) >= 11 is 0. The Labute approximate surface area is 56.6 Å². The van der Waals surface area contributed by atoms with Gasteiger partial charge in [0.05, 0.1) is 26.3 Å². The number of rotatable bonds is 4. The smallest absolute Gasteiger partial charge is 0.0991 e. The molecule has 54 valence electrons. The van der Waals surface area contributed by atoms with Crippen LogP contribution in [0.1, 0.15) is 19.3 Å². The number of hydrogen-bond donors (Lipinski definition) is 1. The summed E-state index contributed by atoms with van der Waals surface area (Å²) in [5, 5.41) is 2.15. The first-order valence-corrected chi connectivity index (χ1v) is 3.83. The van der Waals surface area contributed by atoms with Gasteiger partial charge in [-0.15, -0.1) is 0 Å². The SMILES string of the molecule is C[NH2+]CCOC1CCC1. The first-order valence-electron chi connectivity index (χ1n) is 3.83. The quantitative estimate of drug-likeness (QED) is 0.522. The van der Waals surface area contributed by atoms with Crippen LogP contribution in [0.4, 0.5) is 0 Å². The molecule has 2 heteroatoms. The molecule has 0 radical (unpaired) electrons. The molecule has 1 aliphatic rings. The van der Waals surface area contributed by atoms with Gasteiger partial charge in [0.2, 0.25) is 0 Å². The predicted molar refractivity (Wildman–Crippen MR) is 36.3 cm³/mol. The summed E-state index contributed by atoms with van der Waals surface area (Å²) in [4.78, 5) is 0. The van der Waals surface area contributed by atoms with Crippen LogP contribution in [-0.2, 0) is 4.74 Å². The van der Waals surface area contributed by atoms with Gasteiger partial charge in [0, 0.05) is 0 Å². The van der Waals surface area contributed by atoms with Crippen molar-refractivity contribution in [3.8, 4) is 0 Å². The van der Waals surface area contributed by atoms with Crippen LogP contribution in [-0.4, -0.2) is 26.3 Å². The first-order chi connectivity index (χ1) is 4.43. The van der Waals surface area contributed by atoms with Crippen molar-refractivity contribution < 1.29 is 10.1 Å². The Kier molecular flexibility index (Phi) is 3.01. The van der Waals surface area contributed by atoms with Crippen LogP contribution in [0.2, 0.25) is 0 Å². The van der Waals surface area contributed by atoms with E-state index in [4.69, 9.17) is 4.74 Å². The average molecular weight is 130 g/mol. The van der Waals surface area contributed by atoms with Crippen LogP contribution in [0, 0.1) is 0 Å². The maximum absolute atomic E-state index is 5.49. The van der Waals surface area contributed by atoms with Gasteiger partial charge in [0.15, 0.2) is 0 Å². The molecular formula is C7H16NO+. The molecule has 1 aliphatic carbocycles. The third-order valence-corrected chi connectivity index (χ3v) is 1.81. The lowest BCUT2D eigenvalue weighted by atomic mass is 9.96. The maximum atomic E-state index is 5.49. The molecule has 2 N–H and O–H groups in total. The van der Waals surface area contributed by atoms with Gasteiger partial charge in [0.1, 0.15) is 0 Å². The molecule has 0 aromatic heterocycles. The fourth-order valence-corrected chi connectivity index (χ4v) is 0.890. The largest absolute Gasteiger partial charge is 0.372 e. The Morgan fingerprint density at radius 3 is 2.78 bits per heavy atom. The molecule has 0 aromatic rings. The molecule has 0 atom stereocenters. The molecule has 9 heavy (non-hydrogen) atoms. The second-order valence-corrected chi connectivity index (χ2v) is 2.62. The molecule has 0 aliphatic heterocycles. The summed E-state index contributed by atoms with van der Waals surface area (Å²) in [6.07, 6.45) is 4.58. The van der Waals surface area contributed by atoms with Crippen LogP contribution >= 0.6 is 0 Å². The van der Waals surface area contributed by atoms with Crippen molar-refractivity contribution in [1.82, 2.24) is 0 Å². The molecule has 0 bridgehead atoms. The van der Waals surface area contributed by atoms with Gasteiger partial charge >= 0.3 is 0 Å². The minimum atomic E-state index is 0.616. The average Bonchev–Trinajstić information content (AvgIpc) is 1.76. The number of hydrogen-bond acceptors (Lipinski definition) is 1. The van der Waals surface area contributed by atoms with Crippen molar-refractivity contribution in [2.24, 2.45) is 0 Å². The third-order valence-electron chi connectivity index (χ3n) is 1.81. The minimum Gasteiger partial charge on any atom is -0.372 e. The van der Waals surface area contributed by atoms with E-state index >= 15 is 0 Å². The molecule has 0 amide bonds. The highest BCUT2D eigenvalue weighted by Gasteiger charge is 2.16. The fraction of sp³-hybridized carbons (Fsp3) is 1.00. The summed E-state index contributed by atoms with van der Waals surface area (Å²) in [7, 11) is 2.07. The van der Waals surface area contributed by atoms with E-state index in [9.17, 15) is 0 Å². The standard InChI is InChI=1S/C7H15NO/c1-8-5-6-9-7-3-2-4-7/h7-8H,2-6H2,1H3/p+1. The van der Waals surface area contributed by atoms with Gasteiger partial charge in [0.25, 0.3) is 0 Å². The van der Waals surface area contributed by atoms with Gasteiger partial charge in [-0.05, 0) is 19.3 Å². The molecular weight excluding hydrogens is 114 g/mol. The van der Waals surface area contributed by atoms with E-state index in [1.165, 1.54) is 19.3 Å². The van der Waals surface area contributed by atoms with E-state index in [-0.39, 0.29) is 0 Å². The van der Waals surface area contributed by atoms with Crippen molar-refractivity contribution in [2.75, 3.05) is 20.2 Å². The Hall–Kier alpha value is -0.0800. The minimum absolute atomic E-state index is 0.616. The summed E-state index contributed by atoms with van der Waals surface area (Å²) in [5.41, 5.74) is 0. The third kappa shape index (κ3) is 2.33. The predicted octanol–water partition coefficient (Wildman–Crippen LogP) is -0.251. The van der Waals surface area contributed by atoms with Crippen LogP contribution < -0.4 is 5.32 Å². The van der Waals surface area contributed by atoms with E-state index in [0.717, 1.165) is 13.2 Å². The number of likely N-dealkylation sites (N-methyl/N-ethyl adjacent to an activating group) is 1. The summed E-state index contributed by atoms with van der Waals surface area (Å²) in [6.45, 7) is 2.04. The molecule has 0 aromatic carbocycles. The van der Waals surface area contributed by atoms with Crippen molar-refractivity contribution in [3.05, 3.63) is 0 Å². The van der Waals surface area contributed by atoms with Crippen LogP contribution in [0.25, 0.3) is 0 Å². The summed E-state index contributed by atoms with van der Waals surface area (Å²) in [6, 6.07) is 0. The molecule has 0 saturated heterocycles. The second-order valence-electron chi connectivity index (χ2n) is 2.62. The summed E-state index contributed by atoms with van der Waals surface area (Å²) in [5.74, 6) is 0. The lowest BCUT2D eigenvalue weighted by Crippen LogP contribution is -2.80. The monoisotopic (exact) mass is 130 g/mol. The van der Waals surface area contributed by atoms with Gasteiger partial charge in [-0.25, -0.2) is 0 Å². The summed E-state index contributed by atoms with van der Waals surface area (Å²) < 4.78 is 5.49. The van der Waals surface area contributed by atoms with Gasteiger partial charge in [-0.3, -0.25) is 0 Å². The zero-order valence-corrected chi connectivity index (χ0v) is 6.10. The molecule has 0 unspecified atom stereocenters. The van der Waals surface area contributed by atoms with Crippen LogP contribution in [0.3, 0.4) is 0 Å². The van der Waals surface area contributed by atoms with Gasteiger partial charge in [-0.1, -0.05) is 0 Å². The number of quaternary nitrogens is 1. The lowest BCUT2D eigenvalue weighted by molar-refractivity contribution is -0.629. The van der Waals surface area contributed by atoms with Crippen molar-refractivity contribution in [3.63, 3.8) is 0 Å². The molecule has 0 spiro atoms. The lowest BCUT2D eigenvalue weighted by Gasteiger charge is -2.24. The number of ether oxygens (including phenoxy) is 1. The molecule has 0 heterocycles. The van der Waals surface area contributed by atoms with E-state index in [2.05, 4.69) is 12.4 Å². The van der Waals surface area contributed by atoms with E-state index in [1.54, 1.807) is 0 Å². The second kappa shape index (κ2) is 3.85. The maximum Gasteiger partial charge on any atom is 0.0991 e. The first kappa shape index (κ1) is 7.03. The highest BCUT2D eigenvalue weighted by atomic mass is 16.5. The molecule has 1 rings (SSSR count). The Morgan fingerprint density at radius 2 is 2.33 bits per heavy atom. The zero-order valence-electron chi connectivity index (χ0n) is 6.10. The van der Waals surface area contributed by atoms with Crippen LogP contribution in [0.15, 0.2) is 0 Å². The highest BCUT2D eigenvalue weighted by molar-refractivity contribution is 4.68. The van der Waals surface area contributed by atoms with E-state index in [0.29, 0.717) is 6.10 Å². The normalized spacial score (nSPS) is 19.7. The van der Waals surface area contributed by atoms with Crippen molar-refractivity contribution >= 4 is 0 Å². The van der Waals surface area contributed by atoms with Gasteiger partial charge in [-0.2, -0.15) is 0 Å². The Morgan fingerprint density at radius 1 is 1.56 bits per heavy atom. The Bertz CT molecular complexity index is 71.3. The molecule has 1 fully saturated rings.